The van der Waals surface area contributed by atoms with Gasteiger partial charge >= 0.3 is 5.97 Å². The number of hydrogen-bond acceptors (Lipinski definition) is 5. The molecule has 0 saturated carbocycles. The number of rotatable bonds is 8. The van der Waals surface area contributed by atoms with Crippen molar-refractivity contribution in [1.29, 1.82) is 0 Å². The Balaban J connectivity index is 1.93. The monoisotopic (exact) mass is 389 g/mol. The third kappa shape index (κ3) is 6.21. The topological polar surface area (TPSA) is 89.5 Å². The van der Waals surface area contributed by atoms with Crippen molar-refractivity contribution in [3.8, 4) is 0 Å². The van der Waals surface area contributed by atoms with E-state index < -0.39 is 28.3 Å². The average Bonchev–Trinajstić information content (AvgIpc) is 2.65. The number of carbonyl (C=O) groups is 2. The SMILES string of the molecule is CCCCc1ccc(NC(=O)COC(=O)c2ccccc2S(C)(=O)=O)cc1. The van der Waals surface area contributed by atoms with Crippen molar-refractivity contribution in [3.05, 3.63) is 59.7 Å². The Bertz CT molecular complexity index is 904. The van der Waals surface area contributed by atoms with Crippen LogP contribution in [0.3, 0.4) is 0 Å². The molecule has 6 nitrogen and oxygen atoms in total. The summed E-state index contributed by atoms with van der Waals surface area (Å²) in [7, 11) is -3.58. The largest absolute Gasteiger partial charge is 0.452 e. The lowest BCUT2D eigenvalue weighted by Gasteiger charge is -2.09. The summed E-state index contributed by atoms with van der Waals surface area (Å²) in [4.78, 5) is 24.0. The van der Waals surface area contributed by atoms with Gasteiger partial charge in [-0.25, -0.2) is 13.2 Å². The summed E-state index contributed by atoms with van der Waals surface area (Å²) in [6, 6.07) is 13.2. The number of hydrogen-bond donors (Lipinski definition) is 1. The van der Waals surface area contributed by atoms with Gasteiger partial charge in [0, 0.05) is 11.9 Å². The lowest BCUT2D eigenvalue weighted by atomic mass is 10.1. The van der Waals surface area contributed by atoms with Crippen molar-refractivity contribution >= 4 is 27.4 Å². The van der Waals surface area contributed by atoms with Gasteiger partial charge in [0.2, 0.25) is 0 Å². The number of nitrogens with one attached hydrogen (secondary N) is 1. The smallest absolute Gasteiger partial charge is 0.339 e. The van der Waals surface area contributed by atoms with Gasteiger partial charge in [0.1, 0.15) is 0 Å². The molecule has 1 N–H and O–H groups in total. The maximum absolute atomic E-state index is 12.1. The van der Waals surface area contributed by atoms with E-state index in [1.807, 2.05) is 12.1 Å². The highest BCUT2D eigenvalue weighted by atomic mass is 32.2. The second-order valence-corrected chi connectivity index (χ2v) is 8.18. The van der Waals surface area contributed by atoms with Crippen LogP contribution >= 0.6 is 0 Å². The number of esters is 1. The molecule has 0 aliphatic heterocycles. The first kappa shape index (κ1) is 20.6. The van der Waals surface area contributed by atoms with E-state index >= 15 is 0 Å². The molecule has 0 fully saturated rings. The minimum atomic E-state index is -3.58. The third-order valence-electron chi connectivity index (χ3n) is 3.90. The molecule has 0 spiro atoms. The molecule has 0 atom stereocenters. The fourth-order valence-electron chi connectivity index (χ4n) is 2.50. The van der Waals surface area contributed by atoms with E-state index in [1.54, 1.807) is 12.1 Å². The summed E-state index contributed by atoms with van der Waals surface area (Å²) in [6.07, 6.45) is 4.22. The Morgan fingerprint density at radius 1 is 1.04 bits per heavy atom. The molecule has 2 aromatic carbocycles. The van der Waals surface area contributed by atoms with Crippen LogP contribution < -0.4 is 5.32 Å². The molecular formula is C20H23NO5S. The van der Waals surface area contributed by atoms with Crippen molar-refractivity contribution in [1.82, 2.24) is 0 Å². The van der Waals surface area contributed by atoms with E-state index in [2.05, 4.69) is 12.2 Å². The van der Waals surface area contributed by atoms with Crippen molar-refractivity contribution in [2.75, 3.05) is 18.2 Å². The van der Waals surface area contributed by atoms with Crippen LogP contribution in [0.5, 0.6) is 0 Å². The van der Waals surface area contributed by atoms with Crippen LogP contribution in [-0.4, -0.2) is 33.2 Å². The van der Waals surface area contributed by atoms with Gasteiger partial charge in [-0.15, -0.1) is 0 Å². The quantitative estimate of drug-likeness (QED) is 0.700. The normalized spacial score (nSPS) is 11.0. The van der Waals surface area contributed by atoms with Gasteiger partial charge in [0.15, 0.2) is 16.4 Å². The molecule has 0 saturated heterocycles. The maximum Gasteiger partial charge on any atom is 0.339 e. The lowest BCUT2D eigenvalue weighted by molar-refractivity contribution is -0.119. The molecule has 2 aromatic rings. The van der Waals surface area contributed by atoms with Crippen LogP contribution in [-0.2, 0) is 25.8 Å². The molecule has 0 aliphatic carbocycles. The molecule has 2 rings (SSSR count). The van der Waals surface area contributed by atoms with E-state index in [1.165, 1.54) is 29.8 Å². The highest BCUT2D eigenvalue weighted by Crippen LogP contribution is 2.16. The molecule has 7 heteroatoms. The predicted molar refractivity (Wildman–Crippen MR) is 104 cm³/mol. The summed E-state index contributed by atoms with van der Waals surface area (Å²) in [5, 5.41) is 2.64. The van der Waals surface area contributed by atoms with Gasteiger partial charge in [-0.2, -0.15) is 0 Å². The van der Waals surface area contributed by atoms with E-state index in [-0.39, 0.29) is 10.5 Å². The number of ether oxygens (including phenoxy) is 1. The number of carbonyl (C=O) groups excluding carboxylic acids is 2. The van der Waals surface area contributed by atoms with Crippen molar-refractivity contribution in [2.45, 2.75) is 31.1 Å². The zero-order chi connectivity index (χ0) is 19.9. The Labute approximate surface area is 159 Å². The molecule has 0 radical (unpaired) electrons. The molecular weight excluding hydrogens is 366 g/mol. The summed E-state index contributed by atoms with van der Waals surface area (Å²) >= 11 is 0. The van der Waals surface area contributed by atoms with E-state index in [0.29, 0.717) is 5.69 Å². The standard InChI is InChI=1S/C20H23NO5S/c1-3-4-7-15-10-12-16(13-11-15)21-19(22)14-26-20(23)17-8-5-6-9-18(17)27(2,24)25/h5-6,8-13H,3-4,7,14H2,1-2H3,(H,21,22). The van der Waals surface area contributed by atoms with E-state index in [4.69, 9.17) is 4.74 Å². The van der Waals surface area contributed by atoms with Crippen LogP contribution in [0, 0.1) is 0 Å². The molecule has 1 amide bonds. The molecule has 0 aliphatic rings. The number of anilines is 1. The summed E-state index contributed by atoms with van der Waals surface area (Å²) in [6.45, 7) is 1.62. The van der Waals surface area contributed by atoms with E-state index in [9.17, 15) is 18.0 Å². The third-order valence-corrected chi connectivity index (χ3v) is 5.05. The summed E-state index contributed by atoms with van der Waals surface area (Å²) in [5.41, 5.74) is 1.71. The van der Waals surface area contributed by atoms with Crippen LogP contribution in [0.1, 0.15) is 35.7 Å². The van der Waals surface area contributed by atoms with Gasteiger partial charge in [-0.1, -0.05) is 37.6 Å². The molecule has 0 bridgehead atoms. The van der Waals surface area contributed by atoms with Crippen LogP contribution in [0.2, 0.25) is 0 Å². The Morgan fingerprint density at radius 2 is 1.70 bits per heavy atom. The average molecular weight is 389 g/mol. The first-order valence-electron chi connectivity index (χ1n) is 8.66. The molecule has 0 heterocycles. The first-order chi connectivity index (χ1) is 12.8. The lowest BCUT2D eigenvalue weighted by Crippen LogP contribution is -2.21. The predicted octanol–water partition coefficient (Wildman–Crippen LogP) is 3.23. The fourth-order valence-corrected chi connectivity index (χ4v) is 3.38. The minimum Gasteiger partial charge on any atom is -0.452 e. The zero-order valence-corrected chi connectivity index (χ0v) is 16.2. The Kier molecular flexibility index (Phi) is 7.12. The Hall–Kier alpha value is -2.67. The minimum absolute atomic E-state index is 0.0897. The van der Waals surface area contributed by atoms with Gasteiger partial charge in [0.05, 0.1) is 10.5 Å². The van der Waals surface area contributed by atoms with Crippen molar-refractivity contribution in [3.63, 3.8) is 0 Å². The maximum atomic E-state index is 12.1. The molecule has 27 heavy (non-hydrogen) atoms. The number of amides is 1. The molecule has 144 valence electrons. The van der Waals surface area contributed by atoms with Gasteiger partial charge in [-0.3, -0.25) is 4.79 Å². The summed E-state index contributed by atoms with van der Waals surface area (Å²) < 4.78 is 28.4. The number of sulfone groups is 1. The highest BCUT2D eigenvalue weighted by Gasteiger charge is 2.20. The first-order valence-corrected chi connectivity index (χ1v) is 10.6. The second kappa shape index (κ2) is 9.32. The Morgan fingerprint density at radius 3 is 2.33 bits per heavy atom. The van der Waals surface area contributed by atoms with Crippen molar-refractivity contribution in [2.24, 2.45) is 0 Å². The van der Waals surface area contributed by atoms with Gasteiger partial charge < -0.3 is 10.1 Å². The molecule has 0 aromatic heterocycles. The van der Waals surface area contributed by atoms with Crippen LogP contribution in [0.25, 0.3) is 0 Å². The van der Waals surface area contributed by atoms with Gasteiger partial charge in [0.25, 0.3) is 5.91 Å². The van der Waals surface area contributed by atoms with Gasteiger partial charge in [-0.05, 0) is 42.7 Å². The highest BCUT2D eigenvalue weighted by molar-refractivity contribution is 7.90. The number of aryl methyl sites for hydroxylation is 1. The fraction of sp³-hybridized carbons (Fsp3) is 0.300. The summed E-state index contributed by atoms with van der Waals surface area (Å²) in [5.74, 6) is -1.36. The van der Waals surface area contributed by atoms with E-state index in [0.717, 1.165) is 25.5 Å². The zero-order valence-electron chi connectivity index (χ0n) is 15.4. The van der Waals surface area contributed by atoms with Crippen molar-refractivity contribution < 1.29 is 22.7 Å². The number of unbranched alkanes of at least 4 members (excludes halogenated alkanes) is 1. The van der Waals surface area contributed by atoms with Crippen LogP contribution in [0.15, 0.2) is 53.4 Å². The van der Waals surface area contributed by atoms with Crippen LogP contribution in [0.4, 0.5) is 5.69 Å². The number of benzene rings is 2. The molecule has 0 unspecified atom stereocenters. The second-order valence-electron chi connectivity index (χ2n) is 6.19.